The smallest absolute Gasteiger partial charge is 0.243 e. The first-order valence-corrected chi connectivity index (χ1v) is 11.7. The van der Waals surface area contributed by atoms with Gasteiger partial charge in [-0.15, -0.1) is 0 Å². The second kappa shape index (κ2) is 9.18. The zero-order valence-electron chi connectivity index (χ0n) is 18.0. The van der Waals surface area contributed by atoms with Crippen LogP contribution in [0.1, 0.15) is 42.5 Å². The average Bonchev–Trinajstić information content (AvgIpc) is 2.75. The largest absolute Gasteiger partial charge is 0.497 e. The molecule has 1 saturated heterocycles. The van der Waals surface area contributed by atoms with E-state index < -0.39 is 10.0 Å². The van der Waals surface area contributed by atoms with Crippen molar-refractivity contribution in [2.24, 2.45) is 5.92 Å². The highest BCUT2D eigenvalue weighted by Crippen LogP contribution is 2.26. The minimum atomic E-state index is -3.57. The van der Waals surface area contributed by atoms with Crippen LogP contribution in [0.3, 0.4) is 0 Å². The molecule has 2 aromatic carbocycles. The first kappa shape index (κ1) is 22.3. The third-order valence-corrected chi connectivity index (χ3v) is 7.69. The molecule has 0 aromatic heterocycles. The quantitative estimate of drug-likeness (QED) is 0.760. The first-order chi connectivity index (χ1) is 14.2. The van der Waals surface area contributed by atoms with Crippen molar-refractivity contribution in [1.29, 1.82) is 0 Å². The zero-order chi connectivity index (χ0) is 21.9. The van der Waals surface area contributed by atoms with E-state index in [2.05, 4.69) is 23.5 Å². The van der Waals surface area contributed by atoms with Gasteiger partial charge in [0.2, 0.25) is 15.9 Å². The van der Waals surface area contributed by atoms with Crippen molar-refractivity contribution in [3.05, 3.63) is 59.2 Å². The molecule has 30 heavy (non-hydrogen) atoms. The lowest BCUT2D eigenvalue weighted by atomic mass is 9.95. The Balaban J connectivity index is 1.60. The van der Waals surface area contributed by atoms with Crippen molar-refractivity contribution in [2.45, 2.75) is 44.6 Å². The Labute approximate surface area is 179 Å². The van der Waals surface area contributed by atoms with Crippen LogP contribution in [0.5, 0.6) is 5.75 Å². The maximum Gasteiger partial charge on any atom is 0.243 e. The summed E-state index contributed by atoms with van der Waals surface area (Å²) in [6.07, 6.45) is 1.03. The van der Waals surface area contributed by atoms with Gasteiger partial charge in [0.15, 0.2) is 0 Å². The van der Waals surface area contributed by atoms with E-state index in [4.69, 9.17) is 4.74 Å². The molecule has 1 atom stereocenters. The molecular weight excluding hydrogens is 400 g/mol. The van der Waals surface area contributed by atoms with Crippen molar-refractivity contribution in [2.75, 3.05) is 20.2 Å². The molecule has 1 fully saturated rings. The molecule has 6 nitrogen and oxygen atoms in total. The number of rotatable bonds is 6. The highest BCUT2D eigenvalue weighted by molar-refractivity contribution is 7.89. The minimum Gasteiger partial charge on any atom is -0.497 e. The third-order valence-electron chi connectivity index (χ3n) is 5.78. The number of benzene rings is 2. The summed E-state index contributed by atoms with van der Waals surface area (Å²) in [6.45, 7) is 6.74. The van der Waals surface area contributed by atoms with Crippen LogP contribution < -0.4 is 10.1 Å². The van der Waals surface area contributed by atoms with Crippen LogP contribution in [0.4, 0.5) is 0 Å². The second-order valence-electron chi connectivity index (χ2n) is 7.94. The summed E-state index contributed by atoms with van der Waals surface area (Å²) in [6, 6.07) is 12.5. The number of aryl methyl sites for hydroxylation is 2. The van der Waals surface area contributed by atoms with Gasteiger partial charge in [-0.05, 0) is 69.0 Å². The number of amides is 1. The summed E-state index contributed by atoms with van der Waals surface area (Å²) in [4.78, 5) is 13.0. The van der Waals surface area contributed by atoms with Crippen LogP contribution in [0.2, 0.25) is 0 Å². The summed E-state index contributed by atoms with van der Waals surface area (Å²) < 4.78 is 32.3. The van der Waals surface area contributed by atoms with Crippen LogP contribution in [-0.2, 0) is 14.8 Å². The summed E-state index contributed by atoms with van der Waals surface area (Å²) in [5.74, 6) is 0.423. The Kier molecular flexibility index (Phi) is 6.83. The second-order valence-corrected chi connectivity index (χ2v) is 9.88. The van der Waals surface area contributed by atoms with Gasteiger partial charge in [0.05, 0.1) is 18.0 Å². The first-order valence-electron chi connectivity index (χ1n) is 10.2. The highest BCUT2D eigenvalue weighted by atomic mass is 32.2. The summed E-state index contributed by atoms with van der Waals surface area (Å²) in [5.41, 5.74) is 3.42. The van der Waals surface area contributed by atoms with Crippen molar-refractivity contribution in [3.63, 3.8) is 0 Å². The molecule has 0 aliphatic carbocycles. The van der Waals surface area contributed by atoms with E-state index in [1.54, 1.807) is 31.4 Å². The molecule has 0 bridgehead atoms. The monoisotopic (exact) mass is 430 g/mol. The van der Waals surface area contributed by atoms with Gasteiger partial charge in [-0.1, -0.05) is 23.8 Å². The normalized spacial score (nSPS) is 16.8. The molecule has 1 heterocycles. The lowest BCUT2D eigenvalue weighted by Crippen LogP contribution is -2.43. The topological polar surface area (TPSA) is 75.7 Å². The van der Waals surface area contributed by atoms with Crippen molar-refractivity contribution < 1.29 is 17.9 Å². The number of nitrogens with zero attached hydrogens (tertiary/aromatic N) is 1. The van der Waals surface area contributed by atoms with Crippen LogP contribution in [0.15, 0.2) is 47.4 Å². The standard InChI is InChI=1S/C23H30N2O4S/c1-16-5-6-17(2)22(15-16)18(3)24-23(26)19-11-13-25(14-12-19)30(27,28)21-9-7-20(29-4)8-10-21/h5-10,15,18-19H,11-14H2,1-4H3,(H,24,26). The lowest BCUT2D eigenvalue weighted by Gasteiger charge is -2.31. The zero-order valence-corrected chi connectivity index (χ0v) is 18.8. The molecule has 0 radical (unpaired) electrons. The van der Waals surface area contributed by atoms with Gasteiger partial charge in [-0.25, -0.2) is 8.42 Å². The molecule has 1 N–H and O–H groups in total. The molecule has 1 aliphatic rings. The van der Waals surface area contributed by atoms with Gasteiger partial charge < -0.3 is 10.1 Å². The molecule has 1 amide bonds. The molecule has 0 saturated carbocycles. The van der Waals surface area contributed by atoms with E-state index in [-0.39, 0.29) is 22.8 Å². The van der Waals surface area contributed by atoms with Crippen molar-refractivity contribution >= 4 is 15.9 Å². The fourth-order valence-electron chi connectivity index (χ4n) is 3.89. The van der Waals surface area contributed by atoms with Gasteiger partial charge in [-0.3, -0.25) is 4.79 Å². The van der Waals surface area contributed by atoms with Gasteiger partial charge in [-0.2, -0.15) is 4.31 Å². The van der Waals surface area contributed by atoms with Gasteiger partial charge >= 0.3 is 0 Å². The molecule has 7 heteroatoms. The number of hydrogen-bond acceptors (Lipinski definition) is 4. The predicted molar refractivity (Wildman–Crippen MR) is 117 cm³/mol. The van der Waals surface area contributed by atoms with E-state index in [1.807, 2.05) is 20.8 Å². The molecule has 1 unspecified atom stereocenters. The fourth-order valence-corrected chi connectivity index (χ4v) is 5.36. The number of hydrogen-bond donors (Lipinski definition) is 1. The third kappa shape index (κ3) is 4.84. The van der Waals surface area contributed by atoms with E-state index in [0.29, 0.717) is 31.7 Å². The number of ether oxygens (including phenoxy) is 1. The Morgan fingerprint density at radius 2 is 1.73 bits per heavy atom. The maximum absolute atomic E-state index is 12.9. The van der Waals surface area contributed by atoms with Gasteiger partial charge in [0, 0.05) is 19.0 Å². The predicted octanol–water partition coefficient (Wildman–Crippen LogP) is 3.59. The Morgan fingerprint density at radius 3 is 2.33 bits per heavy atom. The Hall–Kier alpha value is -2.38. The van der Waals surface area contributed by atoms with Gasteiger partial charge in [0.1, 0.15) is 5.75 Å². The minimum absolute atomic E-state index is 0.00935. The molecule has 3 rings (SSSR count). The number of nitrogens with one attached hydrogen (secondary N) is 1. The van der Waals surface area contributed by atoms with E-state index in [9.17, 15) is 13.2 Å². The Morgan fingerprint density at radius 1 is 1.10 bits per heavy atom. The number of methoxy groups -OCH3 is 1. The molecule has 1 aliphatic heterocycles. The van der Waals surface area contributed by atoms with Crippen LogP contribution in [0.25, 0.3) is 0 Å². The van der Waals surface area contributed by atoms with Crippen LogP contribution >= 0.6 is 0 Å². The van der Waals surface area contributed by atoms with Crippen molar-refractivity contribution in [1.82, 2.24) is 9.62 Å². The van der Waals surface area contributed by atoms with E-state index in [1.165, 1.54) is 4.31 Å². The van der Waals surface area contributed by atoms with E-state index in [0.717, 1.165) is 16.7 Å². The summed E-state index contributed by atoms with van der Waals surface area (Å²) in [5, 5.41) is 3.11. The Bertz CT molecular complexity index is 994. The van der Waals surface area contributed by atoms with Crippen LogP contribution in [-0.4, -0.2) is 38.8 Å². The number of carbonyl (C=O) groups excluding carboxylic acids is 1. The fraction of sp³-hybridized carbons (Fsp3) is 0.435. The maximum atomic E-state index is 12.9. The molecule has 2 aromatic rings. The van der Waals surface area contributed by atoms with Crippen LogP contribution in [0, 0.1) is 19.8 Å². The highest BCUT2D eigenvalue weighted by Gasteiger charge is 2.32. The molecule has 162 valence electrons. The SMILES string of the molecule is COc1ccc(S(=O)(=O)N2CCC(C(=O)NC(C)c3cc(C)ccc3C)CC2)cc1. The van der Waals surface area contributed by atoms with Gasteiger partial charge in [0.25, 0.3) is 0 Å². The van der Waals surface area contributed by atoms with Crippen molar-refractivity contribution in [3.8, 4) is 5.75 Å². The average molecular weight is 431 g/mol. The number of piperidine rings is 1. The molecular formula is C23H30N2O4S. The summed E-state index contributed by atoms with van der Waals surface area (Å²) in [7, 11) is -2.02. The van der Waals surface area contributed by atoms with E-state index >= 15 is 0 Å². The number of carbonyl (C=O) groups is 1. The lowest BCUT2D eigenvalue weighted by molar-refractivity contribution is -0.126. The molecule has 0 spiro atoms. The summed E-state index contributed by atoms with van der Waals surface area (Å²) >= 11 is 0. The number of sulfonamides is 1.